The molecule has 1 aromatic heterocycles. The first kappa shape index (κ1) is 14.1. The van der Waals surface area contributed by atoms with Gasteiger partial charge in [-0.1, -0.05) is 30.3 Å². The molecule has 0 saturated carbocycles. The second kappa shape index (κ2) is 5.89. The van der Waals surface area contributed by atoms with Crippen molar-refractivity contribution in [3.8, 4) is 5.75 Å². The van der Waals surface area contributed by atoms with Crippen LogP contribution in [0.2, 0.25) is 0 Å². The highest BCUT2D eigenvalue weighted by atomic mass is 19.1. The van der Waals surface area contributed by atoms with Gasteiger partial charge in [0.15, 0.2) is 11.6 Å². The lowest BCUT2D eigenvalue weighted by Gasteiger charge is -2.07. The molecule has 1 N–H and O–H groups in total. The zero-order chi connectivity index (χ0) is 15.5. The molecule has 4 nitrogen and oxygen atoms in total. The summed E-state index contributed by atoms with van der Waals surface area (Å²) in [5.41, 5.74) is 1.84. The van der Waals surface area contributed by atoms with E-state index >= 15 is 0 Å². The number of esters is 1. The van der Waals surface area contributed by atoms with Crippen LogP contribution in [-0.4, -0.2) is 18.1 Å². The summed E-state index contributed by atoms with van der Waals surface area (Å²) < 4.78 is 24.2. The quantitative estimate of drug-likeness (QED) is 0.748. The normalized spacial score (nSPS) is 10.6. The van der Waals surface area contributed by atoms with Crippen molar-refractivity contribution in [3.63, 3.8) is 0 Å². The molecule has 0 aliphatic carbocycles. The molecule has 0 atom stereocenters. The van der Waals surface area contributed by atoms with E-state index in [1.165, 1.54) is 13.2 Å². The Bertz CT molecular complexity index is 811. The molecule has 112 valence electrons. The fourth-order valence-corrected chi connectivity index (χ4v) is 2.20. The number of hydrogen-bond acceptors (Lipinski definition) is 3. The number of nitrogens with one attached hydrogen (secondary N) is 1. The molecule has 22 heavy (non-hydrogen) atoms. The monoisotopic (exact) mass is 299 g/mol. The molecule has 0 aliphatic rings. The summed E-state index contributed by atoms with van der Waals surface area (Å²) in [6.07, 6.45) is 0. The molecule has 0 amide bonds. The van der Waals surface area contributed by atoms with Gasteiger partial charge in [0.2, 0.25) is 0 Å². The average Bonchev–Trinajstić information content (AvgIpc) is 2.95. The van der Waals surface area contributed by atoms with Crippen molar-refractivity contribution < 1.29 is 18.7 Å². The first-order valence-corrected chi connectivity index (χ1v) is 6.74. The van der Waals surface area contributed by atoms with E-state index in [1.807, 2.05) is 30.3 Å². The molecule has 2 aromatic carbocycles. The third-order valence-corrected chi connectivity index (χ3v) is 3.32. The van der Waals surface area contributed by atoms with Crippen LogP contribution in [0.4, 0.5) is 4.39 Å². The summed E-state index contributed by atoms with van der Waals surface area (Å²) in [5.74, 6) is -0.836. The third-order valence-electron chi connectivity index (χ3n) is 3.32. The van der Waals surface area contributed by atoms with E-state index in [1.54, 1.807) is 12.1 Å². The van der Waals surface area contributed by atoms with Crippen LogP contribution in [0.1, 0.15) is 16.1 Å². The Morgan fingerprint density at radius 2 is 1.95 bits per heavy atom. The maximum absolute atomic E-state index is 14.1. The van der Waals surface area contributed by atoms with Gasteiger partial charge < -0.3 is 14.5 Å². The maximum Gasteiger partial charge on any atom is 0.354 e. The molecule has 0 unspecified atom stereocenters. The average molecular weight is 299 g/mol. The van der Waals surface area contributed by atoms with E-state index in [9.17, 15) is 9.18 Å². The largest absolute Gasteiger partial charge is 0.486 e. The number of halogens is 1. The van der Waals surface area contributed by atoms with E-state index < -0.39 is 11.8 Å². The summed E-state index contributed by atoms with van der Waals surface area (Å²) in [7, 11) is 1.29. The second-order valence-electron chi connectivity index (χ2n) is 4.82. The number of H-pyrrole nitrogens is 1. The van der Waals surface area contributed by atoms with Gasteiger partial charge in [0.1, 0.15) is 12.3 Å². The fourth-order valence-electron chi connectivity index (χ4n) is 2.20. The van der Waals surface area contributed by atoms with Crippen LogP contribution < -0.4 is 4.74 Å². The summed E-state index contributed by atoms with van der Waals surface area (Å²) in [6.45, 7) is 0.272. The molecule has 0 fully saturated rings. The molecule has 3 aromatic rings. The predicted octanol–water partition coefficient (Wildman–Crippen LogP) is 3.67. The summed E-state index contributed by atoms with van der Waals surface area (Å²) >= 11 is 0. The lowest BCUT2D eigenvalue weighted by Crippen LogP contribution is -2.00. The summed E-state index contributed by atoms with van der Waals surface area (Å²) in [5, 5.41) is 0.588. The number of aromatic nitrogens is 1. The third kappa shape index (κ3) is 2.79. The van der Waals surface area contributed by atoms with Crippen molar-refractivity contribution >= 4 is 16.9 Å². The molecule has 0 radical (unpaired) electrons. The van der Waals surface area contributed by atoms with Crippen molar-refractivity contribution in [2.24, 2.45) is 0 Å². The highest BCUT2D eigenvalue weighted by Gasteiger charge is 2.13. The summed E-state index contributed by atoms with van der Waals surface area (Å²) in [6, 6.07) is 13.9. The van der Waals surface area contributed by atoms with Gasteiger partial charge in [-0.3, -0.25) is 0 Å². The molecule has 3 rings (SSSR count). The first-order chi connectivity index (χ1) is 10.7. The minimum absolute atomic E-state index is 0.134. The Balaban J connectivity index is 1.86. The lowest BCUT2D eigenvalue weighted by atomic mass is 10.2. The molecule has 1 heterocycles. The van der Waals surface area contributed by atoms with Gasteiger partial charge in [-0.15, -0.1) is 0 Å². The first-order valence-electron chi connectivity index (χ1n) is 6.74. The highest BCUT2D eigenvalue weighted by Crippen LogP contribution is 2.26. The SMILES string of the molecule is COC(=O)c1cc2cc(F)c(OCc3ccccc3)cc2[nH]1. The van der Waals surface area contributed by atoms with Crippen molar-refractivity contribution in [1.29, 1.82) is 0 Å². The van der Waals surface area contributed by atoms with E-state index in [-0.39, 0.29) is 18.1 Å². The van der Waals surface area contributed by atoms with Crippen LogP contribution in [0.15, 0.2) is 48.5 Å². The molecular formula is C17H14FNO3. The smallest absolute Gasteiger partial charge is 0.354 e. The Kier molecular flexibility index (Phi) is 3.78. The topological polar surface area (TPSA) is 51.3 Å². The van der Waals surface area contributed by atoms with E-state index in [0.717, 1.165) is 5.56 Å². The molecule has 0 saturated heterocycles. The van der Waals surface area contributed by atoms with Crippen LogP contribution in [0.3, 0.4) is 0 Å². The lowest BCUT2D eigenvalue weighted by molar-refractivity contribution is 0.0595. The Hall–Kier alpha value is -2.82. The minimum atomic E-state index is -0.497. The number of aromatic amines is 1. The number of benzene rings is 2. The van der Waals surface area contributed by atoms with Crippen LogP contribution in [0.5, 0.6) is 5.75 Å². The molecule has 0 bridgehead atoms. The zero-order valence-electron chi connectivity index (χ0n) is 11.9. The van der Waals surface area contributed by atoms with Crippen LogP contribution >= 0.6 is 0 Å². The van der Waals surface area contributed by atoms with Gasteiger partial charge >= 0.3 is 5.97 Å². The Morgan fingerprint density at radius 3 is 2.68 bits per heavy atom. The maximum atomic E-state index is 14.1. The van der Waals surface area contributed by atoms with Gasteiger partial charge in [0.25, 0.3) is 0 Å². The number of carbonyl (C=O) groups is 1. The summed E-state index contributed by atoms with van der Waals surface area (Å²) in [4.78, 5) is 14.4. The molecule has 5 heteroatoms. The number of methoxy groups -OCH3 is 1. The molecular weight excluding hydrogens is 285 g/mol. The van der Waals surface area contributed by atoms with Crippen molar-refractivity contribution in [2.45, 2.75) is 6.61 Å². The van der Waals surface area contributed by atoms with Gasteiger partial charge in [-0.05, 0) is 17.7 Å². The van der Waals surface area contributed by atoms with Gasteiger partial charge in [0.05, 0.1) is 7.11 Å². The number of carbonyl (C=O) groups excluding carboxylic acids is 1. The minimum Gasteiger partial charge on any atom is -0.486 e. The van der Waals surface area contributed by atoms with Gasteiger partial charge in [-0.25, -0.2) is 9.18 Å². The standard InChI is InChI=1S/C17H14FNO3/c1-21-17(20)15-8-12-7-13(18)16(9-14(12)19-15)22-10-11-5-3-2-4-6-11/h2-9,19H,10H2,1H3. The predicted molar refractivity (Wildman–Crippen MR) is 80.4 cm³/mol. The zero-order valence-corrected chi connectivity index (χ0v) is 11.9. The fraction of sp³-hybridized carbons (Fsp3) is 0.118. The number of hydrogen-bond donors (Lipinski definition) is 1. The van der Waals surface area contributed by atoms with Gasteiger partial charge in [0, 0.05) is 17.0 Å². The molecule has 0 spiro atoms. The van der Waals surface area contributed by atoms with Crippen LogP contribution in [0.25, 0.3) is 10.9 Å². The van der Waals surface area contributed by atoms with Crippen LogP contribution in [0, 0.1) is 5.82 Å². The van der Waals surface area contributed by atoms with Crippen LogP contribution in [-0.2, 0) is 11.3 Å². The number of fused-ring (bicyclic) bond motifs is 1. The van der Waals surface area contributed by atoms with Crippen molar-refractivity contribution in [1.82, 2.24) is 4.98 Å². The highest BCUT2D eigenvalue weighted by molar-refractivity contribution is 5.95. The Morgan fingerprint density at radius 1 is 1.18 bits per heavy atom. The number of ether oxygens (including phenoxy) is 2. The van der Waals surface area contributed by atoms with E-state index in [0.29, 0.717) is 10.9 Å². The van der Waals surface area contributed by atoms with Crippen molar-refractivity contribution in [2.75, 3.05) is 7.11 Å². The van der Waals surface area contributed by atoms with E-state index in [2.05, 4.69) is 9.72 Å². The molecule has 0 aliphatic heterocycles. The van der Waals surface area contributed by atoms with Crippen molar-refractivity contribution in [3.05, 3.63) is 65.6 Å². The van der Waals surface area contributed by atoms with E-state index in [4.69, 9.17) is 4.74 Å². The second-order valence-corrected chi connectivity index (χ2v) is 4.82. The Labute approximate surface area is 126 Å². The van der Waals surface area contributed by atoms with Gasteiger partial charge in [-0.2, -0.15) is 0 Å². The number of rotatable bonds is 4.